The largest absolute Gasteiger partial charge is 0.464 e. The molecule has 3 rings (SSSR count). The molecule has 1 aliphatic carbocycles. The molecule has 1 aromatic carbocycles. The molecule has 1 heteroatoms. The molecule has 0 fully saturated rings. The van der Waals surface area contributed by atoms with Crippen molar-refractivity contribution in [2.45, 2.75) is 40.0 Å². The zero-order chi connectivity index (χ0) is 11.3. The van der Waals surface area contributed by atoms with Gasteiger partial charge in [-0.3, -0.25) is 0 Å². The first-order chi connectivity index (χ1) is 7.66. The second-order valence-corrected chi connectivity index (χ2v) is 5.29. The average Bonchev–Trinajstić information content (AvgIpc) is 2.60. The molecule has 0 saturated carbocycles. The maximum atomic E-state index is 5.63. The Hall–Kier alpha value is -1.24. The Morgan fingerprint density at radius 3 is 2.81 bits per heavy atom. The topological polar surface area (TPSA) is 13.1 Å². The van der Waals surface area contributed by atoms with Gasteiger partial charge < -0.3 is 4.42 Å². The fourth-order valence-corrected chi connectivity index (χ4v) is 3.04. The second kappa shape index (κ2) is 3.38. The lowest BCUT2D eigenvalue weighted by Gasteiger charge is -2.24. The van der Waals surface area contributed by atoms with Crippen LogP contribution in [0.5, 0.6) is 0 Å². The summed E-state index contributed by atoms with van der Waals surface area (Å²) in [6.45, 7) is 6.72. The Balaban J connectivity index is 2.36. The zero-order valence-corrected chi connectivity index (χ0v) is 10.3. The van der Waals surface area contributed by atoms with Gasteiger partial charge in [0.05, 0.1) is 6.26 Å². The average molecular weight is 214 g/mol. The first kappa shape index (κ1) is 9.95. The van der Waals surface area contributed by atoms with Gasteiger partial charge in [0.25, 0.3) is 0 Å². The van der Waals surface area contributed by atoms with Gasteiger partial charge in [-0.1, -0.05) is 6.92 Å². The van der Waals surface area contributed by atoms with Crippen LogP contribution in [-0.4, -0.2) is 0 Å². The summed E-state index contributed by atoms with van der Waals surface area (Å²) in [6.07, 6.45) is 5.68. The van der Waals surface area contributed by atoms with E-state index in [0.717, 1.165) is 11.5 Å². The minimum absolute atomic E-state index is 0.812. The van der Waals surface area contributed by atoms with Crippen molar-refractivity contribution in [1.82, 2.24) is 0 Å². The van der Waals surface area contributed by atoms with Crippen LogP contribution in [0, 0.1) is 19.8 Å². The lowest BCUT2D eigenvalue weighted by atomic mass is 9.81. The zero-order valence-electron chi connectivity index (χ0n) is 10.3. The van der Waals surface area contributed by atoms with Crippen LogP contribution >= 0.6 is 0 Å². The SMILES string of the molecule is Cc1cc2occ(C)c2c2c1CC[C@H](C)C2. The predicted octanol–water partition coefficient (Wildman–Crippen LogP) is 4.17. The third kappa shape index (κ3) is 1.31. The van der Waals surface area contributed by atoms with Gasteiger partial charge >= 0.3 is 0 Å². The van der Waals surface area contributed by atoms with Crippen molar-refractivity contribution in [1.29, 1.82) is 0 Å². The lowest BCUT2D eigenvalue weighted by molar-refractivity contribution is 0.502. The Labute approximate surface area is 96.5 Å². The molecule has 1 aliphatic rings. The molecule has 0 unspecified atom stereocenters. The van der Waals surface area contributed by atoms with Crippen LogP contribution in [0.15, 0.2) is 16.7 Å². The van der Waals surface area contributed by atoms with Crippen LogP contribution in [0.25, 0.3) is 11.0 Å². The molecule has 84 valence electrons. The van der Waals surface area contributed by atoms with E-state index in [-0.39, 0.29) is 0 Å². The number of fused-ring (bicyclic) bond motifs is 3. The van der Waals surface area contributed by atoms with Crippen LogP contribution in [0.2, 0.25) is 0 Å². The van der Waals surface area contributed by atoms with Crippen LogP contribution < -0.4 is 0 Å². The summed E-state index contributed by atoms with van der Waals surface area (Å²) in [6, 6.07) is 2.21. The monoisotopic (exact) mass is 214 g/mol. The van der Waals surface area contributed by atoms with E-state index >= 15 is 0 Å². The molecule has 2 aromatic rings. The van der Waals surface area contributed by atoms with Gasteiger partial charge in [0.15, 0.2) is 0 Å². The standard InChI is InChI=1S/C15H18O/c1-9-4-5-12-10(2)7-14-15(13(12)6-9)11(3)8-16-14/h7-9H,4-6H2,1-3H3/t9-/m0/s1. The predicted molar refractivity (Wildman–Crippen MR) is 66.9 cm³/mol. The minimum atomic E-state index is 0.812. The van der Waals surface area contributed by atoms with Gasteiger partial charge in [-0.25, -0.2) is 0 Å². The Kier molecular flexibility index (Phi) is 2.10. The fourth-order valence-electron chi connectivity index (χ4n) is 3.04. The summed E-state index contributed by atoms with van der Waals surface area (Å²) in [4.78, 5) is 0. The maximum absolute atomic E-state index is 5.63. The van der Waals surface area contributed by atoms with Crippen molar-refractivity contribution in [3.63, 3.8) is 0 Å². The Morgan fingerprint density at radius 2 is 2.00 bits per heavy atom. The number of rotatable bonds is 0. The van der Waals surface area contributed by atoms with E-state index in [1.54, 1.807) is 11.1 Å². The lowest BCUT2D eigenvalue weighted by Crippen LogP contribution is -2.13. The van der Waals surface area contributed by atoms with Crippen molar-refractivity contribution in [2.24, 2.45) is 5.92 Å². The molecule has 1 nitrogen and oxygen atoms in total. The summed E-state index contributed by atoms with van der Waals surface area (Å²) >= 11 is 0. The van der Waals surface area contributed by atoms with E-state index in [1.165, 1.54) is 35.8 Å². The van der Waals surface area contributed by atoms with Crippen LogP contribution in [0.3, 0.4) is 0 Å². The quantitative estimate of drug-likeness (QED) is 0.641. The highest BCUT2D eigenvalue weighted by atomic mass is 16.3. The van der Waals surface area contributed by atoms with E-state index in [0.29, 0.717) is 0 Å². The molecule has 0 N–H and O–H groups in total. The molecule has 1 aromatic heterocycles. The van der Waals surface area contributed by atoms with Gasteiger partial charge in [-0.15, -0.1) is 0 Å². The van der Waals surface area contributed by atoms with Gasteiger partial charge in [0, 0.05) is 5.39 Å². The van der Waals surface area contributed by atoms with E-state index in [4.69, 9.17) is 4.42 Å². The molecule has 0 saturated heterocycles. The van der Waals surface area contributed by atoms with Crippen molar-refractivity contribution in [2.75, 3.05) is 0 Å². The summed E-state index contributed by atoms with van der Waals surface area (Å²) in [5.74, 6) is 0.812. The first-order valence-electron chi connectivity index (χ1n) is 6.16. The smallest absolute Gasteiger partial charge is 0.134 e. The van der Waals surface area contributed by atoms with Gasteiger partial charge in [0.1, 0.15) is 5.58 Å². The number of hydrogen-bond donors (Lipinski definition) is 0. The van der Waals surface area contributed by atoms with Crippen LogP contribution in [0.4, 0.5) is 0 Å². The Morgan fingerprint density at radius 1 is 1.19 bits per heavy atom. The normalized spacial score (nSPS) is 20.1. The van der Waals surface area contributed by atoms with Crippen molar-refractivity contribution in [3.8, 4) is 0 Å². The highest BCUT2D eigenvalue weighted by Crippen LogP contribution is 2.36. The van der Waals surface area contributed by atoms with Crippen LogP contribution in [-0.2, 0) is 12.8 Å². The van der Waals surface area contributed by atoms with Crippen LogP contribution in [0.1, 0.15) is 35.6 Å². The molecule has 1 atom stereocenters. The molecule has 0 spiro atoms. The third-order valence-electron chi connectivity index (χ3n) is 3.93. The highest BCUT2D eigenvalue weighted by molar-refractivity contribution is 5.86. The van der Waals surface area contributed by atoms with E-state index in [2.05, 4.69) is 26.8 Å². The van der Waals surface area contributed by atoms with E-state index in [9.17, 15) is 0 Å². The minimum Gasteiger partial charge on any atom is -0.464 e. The summed E-state index contributed by atoms with van der Waals surface area (Å²) < 4.78 is 5.63. The summed E-state index contributed by atoms with van der Waals surface area (Å²) in [7, 11) is 0. The third-order valence-corrected chi connectivity index (χ3v) is 3.93. The molecule has 16 heavy (non-hydrogen) atoms. The van der Waals surface area contributed by atoms with Gasteiger partial charge in [0.2, 0.25) is 0 Å². The van der Waals surface area contributed by atoms with Crippen molar-refractivity contribution >= 4 is 11.0 Å². The van der Waals surface area contributed by atoms with Gasteiger partial charge in [-0.2, -0.15) is 0 Å². The van der Waals surface area contributed by atoms with Gasteiger partial charge in [-0.05, 0) is 67.3 Å². The molecule has 0 amide bonds. The molecular formula is C15H18O. The van der Waals surface area contributed by atoms with E-state index in [1.807, 2.05) is 6.26 Å². The molecule has 0 aliphatic heterocycles. The maximum Gasteiger partial charge on any atom is 0.134 e. The number of benzene rings is 1. The first-order valence-corrected chi connectivity index (χ1v) is 6.16. The van der Waals surface area contributed by atoms with Crippen molar-refractivity contribution < 1.29 is 4.42 Å². The molecule has 0 radical (unpaired) electrons. The molecule has 1 heterocycles. The molecular weight excluding hydrogens is 196 g/mol. The molecule has 0 bridgehead atoms. The van der Waals surface area contributed by atoms with E-state index < -0.39 is 0 Å². The summed E-state index contributed by atoms with van der Waals surface area (Å²) in [5, 5.41) is 1.38. The fraction of sp³-hybridized carbons (Fsp3) is 0.467. The Bertz CT molecular complexity index is 548. The summed E-state index contributed by atoms with van der Waals surface area (Å²) in [5.41, 5.74) is 6.90. The number of furan rings is 1. The highest BCUT2D eigenvalue weighted by Gasteiger charge is 2.21. The second-order valence-electron chi connectivity index (χ2n) is 5.29. The number of hydrogen-bond acceptors (Lipinski definition) is 1. The number of aryl methyl sites for hydroxylation is 2. The van der Waals surface area contributed by atoms with Crippen molar-refractivity contribution in [3.05, 3.63) is 34.6 Å².